The third-order valence-electron chi connectivity index (χ3n) is 3.34. The average Bonchev–Trinajstić information content (AvgIpc) is 2.44. The number of rotatable bonds is 2. The number of carbonyl (C=O) groups excluding carboxylic acids is 1. The summed E-state index contributed by atoms with van der Waals surface area (Å²) < 4.78 is 43.8. The van der Waals surface area contributed by atoms with Crippen molar-refractivity contribution in [2.45, 2.75) is 25.2 Å². The molecule has 2 heterocycles. The molecule has 0 spiro atoms. The molecule has 118 valence electrons. The Labute approximate surface area is 124 Å². The van der Waals surface area contributed by atoms with Gasteiger partial charge in [0.15, 0.2) is 0 Å². The monoisotopic (exact) mass is 314 g/mol. The third kappa shape index (κ3) is 2.96. The first-order valence-electron chi connectivity index (χ1n) is 6.41. The Balaban J connectivity index is 2.53. The minimum absolute atomic E-state index is 0.0617. The van der Waals surface area contributed by atoms with Gasteiger partial charge in [-0.25, -0.2) is 4.98 Å². The van der Waals surface area contributed by atoms with Crippen LogP contribution in [0.5, 0.6) is 0 Å². The van der Waals surface area contributed by atoms with Crippen LogP contribution < -0.4 is 10.6 Å². The van der Waals surface area contributed by atoms with Gasteiger partial charge < -0.3 is 15.4 Å². The van der Waals surface area contributed by atoms with Crippen LogP contribution in [0.15, 0.2) is 12.1 Å². The Morgan fingerprint density at radius 3 is 2.77 bits per heavy atom. The van der Waals surface area contributed by atoms with Crippen LogP contribution in [0.2, 0.25) is 0 Å². The molecule has 22 heavy (non-hydrogen) atoms. The smallest absolute Gasteiger partial charge is 0.374 e. The van der Waals surface area contributed by atoms with Gasteiger partial charge in [0.2, 0.25) is 5.91 Å². The summed E-state index contributed by atoms with van der Waals surface area (Å²) in [5.41, 5.74) is 4.11. The first-order chi connectivity index (χ1) is 10.3. The van der Waals surface area contributed by atoms with Gasteiger partial charge in [-0.2, -0.15) is 18.4 Å². The second kappa shape index (κ2) is 5.81. The molecule has 0 unspecified atom stereocenters. The van der Waals surface area contributed by atoms with E-state index in [1.54, 1.807) is 13.0 Å². The molecule has 1 aromatic heterocycles. The lowest BCUT2D eigenvalue weighted by molar-refractivity contribution is -0.141. The number of alkyl halides is 3. The van der Waals surface area contributed by atoms with Gasteiger partial charge in [0.1, 0.15) is 23.6 Å². The van der Waals surface area contributed by atoms with Crippen molar-refractivity contribution in [2.24, 2.45) is 5.73 Å². The average molecular weight is 314 g/mol. The summed E-state index contributed by atoms with van der Waals surface area (Å²) in [4.78, 5) is 16.4. The van der Waals surface area contributed by atoms with Crippen LogP contribution in [-0.2, 0) is 15.7 Å². The van der Waals surface area contributed by atoms with E-state index in [4.69, 9.17) is 15.7 Å². The van der Waals surface area contributed by atoms with Gasteiger partial charge >= 0.3 is 6.18 Å². The normalized spacial score (nSPS) is 22.2. The molecule has 6 nitrogen and oxygen atoms in total. The van der Waals surface area contributed by atoms with Crippen molar-refractivity contribution in [3.63, 3.8) is 0 Å². The molecule has 2 rings (SSSR count). The maximum absolute atomic E-state index is 12.8. The summed E-state index contributed by atoms with van der Waals surface area (Å²) >= 11 is 0. The number of hydrogen-bond donors (Lipinski definition) is 1. The summed E-state index contributed by atoms with van der Waals surface area (Å²) in [5, 5.41) is 9.09. The van der Waals surface area contributed by atoms with Gasteiger partial charge in [-0.1, -0.05) is 0 Å². The van der Waals surface area contributed by atoms with Crippen LogP contribution in [0.4, 0.5) is 19.0 Å². The molecule has 0 saturated carbocycles. The molecule has 1 aliphatic heterocycles. The fourth-order valence-electron chi connectivity index (χ4n) is 2.36. The molecule has 0 bridgehead atoms. The topological polar surface area (TPSA) is 92.2 Å². The summed E-state index contributed by atoms with van der Waals surface area (Å²) in [6.07, 6.45) is -5.27. The maximum atomic E-state index is 12.8. The zero-order valence-electron chi connectivity index (χ0n) is 11.6. The minimum Gasteiger partial charge on any atom is -0.374 e. The van der Waals surface area contributed by atoms with E-state index in [1.165, 1.54) is 4.90 Å². The first-order valence-corrected chi connectivity index (χ1v) is 6.41. The van der Waals surface area contributed by atoms with Gasteiger partial charge in [-0.05, 0) is 19.1 Å². The number of ether oxygens (including phenoxy) is 1. The van der Waals surface area contributed by atoms with Gasteiger partial charge in [0.05, 0.1) is 18.3 Å². The SMILES string of the molecule is C[C@H]1OCCN(c2nc(C(F)(F)F)ccc2C#N)[C@@H]1C(N)=O. The molecule has 1 aromatic rings. The maximum Gasteiger partial charge on any atom is 0.433 e. The molecule has 2 N–H and O–H groups in total. The summed E-state index contributed by atoms with van der Waals surface area (Å²) in [6.45, 7) is 1.88. The zero-order valence-corrected chi connectivity index (χ0v) is 11.6. The number of nitriles is 1. The number of aromatic nitrogens is 1. The number of halogens is 3. The summed E-state index contributed by atoms with van der Waals surface area (Å²) in [6, 6.07) is 2.55. The predicted octanol–water partition coefficient (Wildman–Crippen LogP) is 1.05. The number of morpholine rings is 1. The Morgan fingerprint density at radius 2 is 2.23 bits per heavy atom. The Bertz CT molecular complexity index is 627. The van der Waals surface area contributed by atoms with Gasteiger partial charge in [-0.3, -0.25) is 4.79 Å². The van der Waals surface area contributed by atoms with Crippen LogP contribution in [0.1, 0.15) is 18.2 Å². The van der Waals surface area contributed by atoms with Crippen molar-refractivity contribution in [1.82, 2.24) is 4.98 Å². The Morgan fingerprint density at radius 1 is 1.55 bits per heavy atom. The van der Waals surface area contributed by atoms with E-state index in [2.05, 4.69) is 4.98 Å². The number of anilines is 1. The quantitative estimate of drug-likeness (QED) is 0.881. The van der Waals surface area contributed by atoms with E-state index >= 15 is 0 Å². The molecule has 0 radical (unpaired) electrons. The highest BCUT2D eigenvalue weighted by atomic mass is 19.4. The summed E-state index contributed by atoms with van der Waals surface area (Å²) in [5.74, 6) is -0.966. The molecule has 1 amide bonds. The van der Waals surface area contributed by atoms with Crippen LogP contribution >= 0.6 is 0 Å². The molecule has 1 saturated heterocycles. The van der Waals surface area contributed by atoms with Gasteiger partial charge in [-0.15, -0.1) is 0 Å². The zero-order chi connectivity index (χ0) is 16.5. The second-order valence-electron chi connectivity index (χ2n) is 4.79. The highest BCUT2D eigenvalue weighted by Gasteiger charge is 2.38. The fraction of sp³-hybridized carbons (Fsp3) is 0.462. The molecule has 1 aliphatic rings. The van der Waals surface area contributed by atoms with E-state index in [0.29, 0.717) is 0 Å². The lowest BCUT2D eigenvalue weighted by Gasteiger charge is -2.39. The number of hydrogen-bond acceptors (Lipinski definition) is 5. The number of nitrogens with two attached hydrogens (primary N) is 1. The number of amides is 1. The number of primary amides is 1. The molecule has 0 aliphatic carbocycles. The largest absolute Gasteiger partial charge is 0.433 e. The molecule has 2 atom stereocenters. The number of nitrogens with zero attached hydrogens (tertiary/aromatic N) is 3. The molecule has 0 aromatic carbocycles. The minimum atomic E-state index is -4.65. The fourth-order valence-corrected chi connectivity index (χ4v) is 2.36. The van der Waals surface area contributed by atoms with Gasteiger partial charge in [0, 0.05) is 6.54 Å². The van der Waals surface area contributed by atoms with Crippen molar-refractivity contribution in [3.8, 4) is 6.07 Å². The Kier molecular flexibility index (Phi) is 4.23. The van der Waals surface area contributed by atoms with E-state index in [-0.39, 0.29) is 24.5 Å². The second-order valence-corrected chi connectivity index (χ2v) is 4.79. The van der Waals surface area contributed by atoms with E-state index in [1.807, 2.05) is 0 Å². The first kappa shape index (κ1) is 16.0. The lowest BCUT2D eigenvalue weighted by Crippen LogP contribution is -2.57. The lowest BCUT2D eigenvalue weighted by atomic mass is 10.1. The van der Waals surface area contributed by atoms with Crippen molar-refractivity contribution in [2.75, 3.05) is 18.1 Å². The van der Waals surface area contributed by atoms with E-state index in [9.17, 15) is 18.0 Å². The molecular formula is C13H13F3N4O2. The third-order valence-corrected chi connectivity index (χ3v) is 3.34. The van der Waals surface area contributed by atoms with Crippen molar-refractivity contribution < 1.29 is 22.7 Å². The summed E-state index contributed by atoms with van der Waals surface area (Å²) in [7, 11) is 0. The predicted molar refractivity (Wildman–Crippen MR) is 69.7 cm³/mol. The molecule has 9 heteroatoms. The van der Waals surface area contributed by atoms with Crippen molar-refractivity contribution in [1.29, 1.82) is 5.26 Å². The van der Waals surface area contributed by atoms with Crippen LogP contribution in [0.3, 0.4) is 0 Å². The standard InChI is InChI=1S/C13H13F3N4O2/c1-7-10(11(18)21)20(4-5-22-7)12-8(6-17)2-3-9(19-12)13(14,15)16/h2-3,7,10H,4-5H2,1H3,(H2,18,21)/t7-,10+/m1/s1. The van der Waals surface area contributed by atoms with E-state index in [0.717, 1.165) is 12.1 Å². The molecular weight excluding hydrogens is 301 g/mol. The van der Waals surface area contributed by atoms with Crippen LogP contribution in [0.25, 0.3) is 0 Å². The van der Waals surface area contributed by atoms with Crippen molar-refractivity contribution in [3.05, 3.63) is 23.4 Å². The highest BCUT2D eigenvalue weighted by molar-refractivity contribution is 5.84. The van der Waals surface area contributed by atoms with Gasteiger partial charge in [0.25, 0.3) is 0 Å². The van der Waals surface area contributed by atoms with Crippen LogP contribution in [-0.4, -0.2) is 36.2 Å². The Hall–Kier alpha value is -2.34. The van der Waals surface area contributed by atoms with E-state index < -0.39 is 29.9 Å². The van der Waals surface area contributed by atoms with Crippen molar-refractivity contribution >= 4 is 11.7 Å². The van der Waals surface area contributed by atoms with Crippen LogP contribution in [0, 0.1) is 11.3 Å². The number of carbonyl (C=O) groups is 1. The molecule has 1 fully saturated rings. The number of pyridine rings is 1. The highest BCUT2D eigenvalue weighted by Crippen LogP contribution is 2.32.